The number of halogens is 3. The Morgan fingerprint density at radius 3 is 2.73 bits per heavy atom. The fraction of sp³-hybridized carbons (Fsp3) is 0.833. The number of hydrogen-bond acceptors (Lipinski definition) is 3. The molecule has 0 rings (SSSR count). The van der Waals surface area contributed by atoms with Crippen LogP contribution in [-0.2, 0) is 9.53 Å². The van der Waals surface area contributed by atoms with Gasteiger partial charge in [0.05, 0.1) is 0 Å². The van der Waals surface area contributed by atoms with Gasteiger partial charge in [0.15, 0.2) is 0 Å². The van der Waals surface area contributed by atoms with Crippen molar-refractivity contribution in [2.45, 2.75) is 6.18 Å². The van der Waals surface area contributed by atoms with Crippen LogP contribution in [0.1, 0.15) is 0 Å². The van der Waals surface area contributed by atoms with Crippen LogP contribution in [0.4, 0.5) is 13.2 Å². The Labute approximate surface area is 83.0 Å². The maximum absolute atomic E-state index is 11.5. The molecule has 0 aliphatic carbocycles. The average molecular weight is 226 g/mol. The van der Waals surface area contributed by atoms with E-state index in [4.69, 9.17) is 5.53 Å². The molecule has 0 aromatic carbocycles. The third-order valence-corrected chi connectivity index (χ3v) is 1.10. The van der Waals surface area contributed by atoms with E-state index in [0.29, 0.717) is 0 Å². The number of azide groups is 1. The molecule has 0 bridgehead atoms. The van der Waals surface area contributed by atoms with Gasteiger partial charge in [0, 0.05) is 18.0 Å². The first kappa shape index (κ1) is 13.5. The van der Waals surface area contributed by atoms with E-state index in [9.17, 15) is 18.0 Å². The molecule has 9 heteroatoms. The Kier molecular flexibility index (Phi) is 6.23. The van der Waals surface area contributed by atoms with Gasteiger partial charge >= 0.3 is 6.18 Å². The molecule has 0 fully saturated rings. The van der Waals surface area contributed by atoms with Crippen molar-refractivity contribution >= 4 is 5.91 Å². The second-order valence-electron chi connectivity index (χ2n) is 2.41. The molecule has 0 unspecified atom stereocenters. The fourth-order valence-electron chi connectivity index (χ4n) is 0.601. The van der Waals surface area contributed by atoms with Gasteiger partial charge in [-0.05, 0) is 5.53 Å². The largest absolute Gasteiger partial charge is 0.411 e. The summed E-state index contributed by atoms with van der Waals surface area (Å²) in [7, 11) is 0. The molecule has 15 heavy (non-hydrogen) atoms. The molecular weight excluding hydrogens is 217 g/mol. The van der Waals surface area contributed by atoms with Crippen LogP contribution in [0, 0.1) is 0 Å². The topological polar surface area (TPSA) is 87.1 Å². The number of amides is 1. The van der Waals surface area contributed by atoms with Crippen LogP contribution in [0.3, 0.4) is 0 Å². The fourth-order valence-corrected chi connectivity index (χ4v) is 0.601. The molecule has 0 saturated heterocycles. The summed E-state index contributed by atoms with van der Waals surface area (Å²) in [6.07, 6.45) is -4.44. The van der Waals surface area contributed by atoms with Crippen molar-refractivity contribution in [2.24, 2.45) is 5.11 Å². The highest BCUT2D eigenvalue weighted by Crippen LogP contribution is 2.13. The minimum Gasteiger partial charge on any atom is -0.362 e. The van der Waals surface area contributed by atoms with Crippen LogP contribution in [0.2, 0.25) is 0 Å². The van der Waals surface area contributed by atoms with Gasteiger partial charge in [0.2, 0.25) is 5.91 Å². The van der Waals surface area contributed by atoms with Gasteiger partial charge in [-0.3, -0.25) is 4.79 Å². The predicted octanol–water partition coefficient (Wildman–Crippen LogP) is 0.992. The molecule has 86 valence electrons. The molecule has 1 N–H and O–H groups in total. The van der Waals surface area contributed by atoms with Crippen molar-refractivity contribution in [3.63, 3.8) is 0 Å². The van der Waals surface area contributed by atoms with Crippen molar-refractivity contribution < 1.29 is 22.7 Å². The number of hydrogen-bond donors (Lipinski definition) is 1. The molecule has 0 aromatic heterocycles. The number of rotatable bonds is 6. The molecule has 1 amide bonds. The van der Waals surface area contributed by atoms with Crippen molar-refractivity contribution in [2.75, 3.05) is 26.3 Å². The lowest BCUT2D eigenvalue weighted by atomic mass is 10.5. The highest BCUT2D eigenvalue weighted by atomic mass is 19.4. The van der Waals surface area contributed by atoms with E-state index in [1.165, 1.54) is 0 Å². The van der Waals surface area contributed by atoms with E-state index >= 15 is 0 Å². The maximum Gasteiger partial charge on any atom is 0.411 e. The summed E-state index contributed by atoms with van der Waals surface area (Å²) in [5, 5.41) is 5.32. The first-order valence-electron chi connectivity index (χ1n) is 3.88. The van der Waals surface area contributed by atoms with Crippen LogP contribution in [-0.4, -0.2) is 38.4 Å². The summed E-state index contributed by atoms with van der Waals surface area (Å²) in [6.45, 7) is -2.02. The quantitative estimate of drug-likeness (QED) is 0.317. The Morgan fingerprint density at radius 2 is 2.20 bits per heavy atom. The SMILES string of the molecule is [N-]=[N+]=NCCNC(=O)COCC(F)(F)F. The molecule has 6 nitrogen and oxygen atoms in total. The van der Waals surface area contributed by atoms with Gasteiger partial charge in [-0.2, -0.15) is 13.2 Å². The Morgan fingerprint density at radius 1 is 1.53 bits per heavy atom. The molecule has 0 heterocycles. The Balaban J connectivity index is 3.45. The summed E-state index contributed by atoms with van der Waals surface area (Å²) in [6, 6.07) is 0. The monoisotopic (exact) mass is 226 g/mol. The average Bonchev–Trinajstić information content (AvgIpc) is 2.10. The maximum atomic E-state index is 11.5. The molecular formula is C6H9F3N4O2. The van der Waals surface area contributed by atoms with Gasteiger partial charge < -0.3 is 10.1 Å². The molecule has 0 saturated carbocycles. The van der Waals surface area contributed by atoms with Gasteiger partial charge in [-0.15, -0.1) is 0 Å². The van der Waals surface area contributed by atoms with Crippen LogP contribution in [0.25, 0.3) is 10.4 Å². The summed E-state index contributed by atoms with van der Waals surface area (Å²) in [4.78, 5) is 13.2. The normalized spacial score (nSPS) is 10.6. The van der Waals surface area contributed by atoms with Crippen molar-refractivity contribution in [1.82, 2.24) is 5.32 Å². The number of alkyl halides is 3. The predicted molar refractivity (Wildman–Crippen MR) is 43.9 cm³/mol. The Bertz CT molecular complexity index is 249. The number of ether oxygens (including phenoxy) is 1. The third-order valence-electron chi connectivity index (χ3n) is 1.10. The van der Waals surface area contributed by atoms with Gasteiger partial charge in [0.25, 0.3) is 0 Å². The van der Waals surface area contributed by atoms with Crippen LogP contribution in [0.15, 0.2) is 5.11 Å². The van der Waals surface area contributed by atoms with Crippen LogP contribution in [0.5, 0.6) is 0 Å². The minimum absolute atomic E-state index is 0.0432. The summed E-state index contributed by atoms with van der Waals surface area (Å²) < 4.78 is 38.7. The lowest BCUT2D eigenvalue weighted by Gasteiger charge is -2.07. The Hall–Kier alpha value is -1.47. The summed E-state index contributed by atoms with van der Waals surface area (Å²) in [5.41, 5.74) is 7.86. The van der Waals surface area contributed by atoms with E-state index < -0.39 is 25.3 Å². The van der Waals surface area contributed by atoms with E-state index in [-0.39, 0.29) is 13.1 Å². The second-order valence-corrected chi connectivity index (χ2v) is 2.41. The molecule has 0 aliphatic rings. The first-order chi connectivity index (χ1) is 6.95. The molecule has 0 aromatic rings. The van der Waals surface area contributed by atoms with E-state index in [0.717, 1.165) is 0 Å². The highest BCUT2D eigenvalue weighted by molar-refractivity contribution is 5.77. The van der Waals surface area contributed by atoms with E-state index in [1.807, 2.05) is 0 Å². The zero-order chi connectivity index (χ0) is 11.7. The third kappa shape index (κ3) is 10.5. The van der Waals surface area contributed by atoms with Crippen molar-refractivity contribution in [1.29, 1.82) is 0 Å². The second kappa shape index (κ2) is 6.91. The van der Waals surface area contributed by atoms with Gasteiger partial charge in [-0.1, -0.05) is 5.11 Å². The summed E-state index contributed by atoms with van der Waals surface area (Å²) >= 11 is 0. The van der Waals surface area contributed by atoms with Crippen LogP contribution >= 0.6 is 0 Å². The molecule has 0 aliphatic heterocycles. The summed E-state index contributed by atoms with van der Waals surface area (Å²) in [5.74, 6) is -0.688. The van der Waals surface area contributed by atoms with Gasteiger partial charge in [0.1, 0.15) is 13.2 Å². The lowest BCUT2D eigenvalue weighted by molar-refractivity contribution is -0.175. The lowest BCUT2D eigenvalue weighted by Crippen LogP contribution is -2.31. The minimum atomic E-state index is -4.44. The molecule has 0 spiro atoms. The standard InChI is InChI=1S/C6H9F3N4O2/c7-6(8,9)4-15-3-5(14)11-1-2-12-13-10/h1-4H2,(H,11,14). The van der Waals surface area contributed by atoms with Crippen LogP contribution < -0.4 is 5.32 Å². The van der Waals surface area contributed by atoms with Crippen molar-refractivity contribution in [3.05, 3.63) is 10.4 Å². The molecule has 0 atom stereocenters. The zero-order valence-corrected chi connectivity index (χ0v) is 7.62. The number of nitrogens with zero attached hydrogens (tertiary/aromatic N) is 3. The van der Waals surface area contributed by atoms with E-state index in [1.54, 1.807) is 0 Å². The van der Waals surface area contributed by atoms with Crippen molar-refractivity contribution in [3.8, 4) is 0 Å². The zero-order valence-electron chi connectivity index (χ0n) is 7.62. The smallest absolute Gasteiger partial charge is 0.362 e. The number of carbonyl (C=O) groups is 1. The molecule has 0 radical (unpaired) electrons. The highest BCUT2D eigenvalue weighted by Gasteiger charge is 2.27. The first-order valence-corrected chi connectivity index (χ1v) is 3.88. The van der Waals surface area contributed by atoms with Gasteiger partial charge in [-0.25, -0.2) is 0 Å². The number of nitrogens with one attached hydrogen (secondary N) is 1. The number of carbonyl (C=O) groups excluding carboxylic acids is 1. The van der Waals surface area contributed by atoms with E-state index in [2.05, 4.69) is 20.1 Å².